The monoisotopic (exact) mass is 542 g/mol. The Morgan fingerprint density at radius 1 is 0.816 bits per heavy atom. The topological polar surface area (TPSA) is 105 Å². The summed E-state index contributed by atoms with van der Waals surface area (Å²) in [6.45, 7) is 19.9. The summed E-state index contributed by atoms with van der Waals surface area (Å²) >= 11 is 0. The van der Waals surface area contributed by atoms with Gasteiger partial charge in [0.1, 0.15) is 6.61 Å². The van der Waals surface area contributed by atoms with E-state index in [4.69, 9.17) is 28.4 Å². The summed E-state index contributed by atoms with van der Waals surface area (Å²) in [5.41, 5.74) is -1.49. The second kappa shape index (κ2) is 10.7. The van der Waals surface area contributed by atoms with E-state index in [-0.39, 0.29) is 36.7 Å². The summed E-state index contributed by atoms with van der Waals surface area (Å²) in [6.07, 6.45) is 1.60. The lowest BCUT2D eigenvalue weighted by Crippen LogP contribution is -2.54. The molecule has 10 heteroatoms. The average Bonchev–Trinajstić information content (AvgIpc) is 2.75. The predicted molar refractivity (Wildman–Crippen MR) is 142 cm³/mol. The smallest absolute Gasteiger partial charge is 0.410 e. The van der Waals surface area contributed by atoms with Gasteiger partial charge in [0.15, 0.2) is 17.2 Å². The molecule has 3 aliphatic rings. The molecule has 0 aromatic heterocycles. The maximum Gasteiger partial charge on any atom is 0.410 e. The van der Waals surface area contributed by atoms with Crippen molar-refractivity contribution in [3.63, 3.8) is 0 Å². The zero-order chi connectivity index (χ0) is 28.6. The number of carbonyl (C=O) groups is 2. The second-order valence-electron chi connectivity index (χ2n) is 14.4. The van der Waals surface area contributed by atoms with Gasteiger partial charge >= 0.3 is 12.2 Å². The van der Waals surface area contributed by atoms with E-state index in [1.165, 1.54) is 0 Å². The van der Waals surface area contributed by atoms with Gasteiger partial charge in [-0.1, -0.05) is 27.7 Å². The lowest BCUT2D eigenvalue weighted by atomic mass is 9.62. The van der Waals surface area contributed by atoms with Crippen LogP contribution in [0, 0.1) is 16.2 Å². The standard InChI is InChI=1S/C28H50N2O8/c1-23(2)11-20(29-21(31)33-15-27(8)16-34-24(3,4)35-17-27)12-26(7,13-23)14-30(10)22(32)38-28(9)18-36-25(5,6)37-19-28/h20H,11-19H2,1-10H3,(H,29,31). The highest BCUT2D eigenvalue weighted by atomic mass is 16.7. The van der Waals surface area contributed by atoms with Gasteiger partial charge in [0.05, 0.1) is 26.4 Å². The van der Waals surface area contributed by atoms with Crippen LogP contribution < -0.4 is 5.32 Å². The van der Waals surface area contributed by atoms with Gasteiger partial charge in [-0.15, -0.1) is 0 Å². The Bertz CT molecular complexity index is 853. The van der Waals surface area contributed by atoms with Crippen LogP contribution >= 0.6 is 0 Å². The van der Waals surface area contributed by atoms with Crippen LogP contribution in [0.1, 0.15) is 81.6 Å². The molecular formula is C28H50N2O8. The molecule has 2 saturated heterocycles. The van der Waals surface area contributed by atoms with Crippen LogP contribution in [0.5, 0.6) is 0 Å². The number of alkyl carbamates (subject to hydrolysis) is 1. The molecule has 2 unspecified atom stereocenters. The van der Waals surface area contributed by atoms with E-state index in [9.17, 15) is 9.59 Å². The van der Waals surface area contributed by atoms with Crippen LogP contribution in [0.25, 0.3) is 0 Å². The molecular weight excluding hydrogens is 492 g/mol. The summed E-state index contributed by atoms with van der Waals surface area (Å²) in [4.78, 5) is 27.4. The van der Waals surface area contributed by atoms with Gasteiger partial charge in [0.2, 0.25) is 0 Å². The first-order valence-electron chi connectivity index (χ1n) is 13.7. The van der Waals surface area contributed by atoms with Crippen molar-refractivity contribution >= 4 is 12.2 Å². The zero-order valence-electron chi connectivity index (χ0n) is 25.2. The third-order valence-electron chi connectivity index (χ3n) is 7.57. The largest absolute Gasteiger partial charge is 0.449 e. The lowest BCUT2D eigenvalue weighted by molar-refractivity contribution is -0.297. The van der Waals surface area contributed by atoms with Crippen molar-refractivity contribution < 1.29 is 38.0 Å². The molecule has 0 aromatic rings. The number of nitrogens with zero attached hydrogens (tertiary/aromatic N) is 1. The number of carbonyl (C=O) groups excluding carboxylic acids is 2. The van der Waals surface area contributed by atoms with Crippen LogP contribution in [0.15, 0.2) is 0 Å². The normalized spacial score (nSPS) is 31.1. The van der Waals surface area contributed by atoms with Crippen molar-refractivity contribution in [1.29, 1.82) is 0 Å². The summed E-state index contributed by atoms with van der Waals surface area (Å²) in [5, 5.41) is 3.07. The Morgan fingerprint density at radius 2 is 1.34 bits per heavy atom. The van der Waals surface area contributed by atoms with Gasteiger partial charge in [-0.05, 0) is 64.7 Å². The second-order valence-corrected chi connectivity index (χ2v) is 14.4. The van der Waals surface area contributed by atoms with Gasteiger partial charge < -0.3 is 38.6 Å². The Balaban J connectivity index is 1.53. The van der Waals surface area contributed by atoms with Crippen LogP contribution in [-0.2, 0) is 28.4 Å². The quantitative estimate of drug-likeness (QED) is 0.515. The van der Waals surface area contributed by atoms with Crippen LogP contribution in [0.4, 0.5) is 9.59 Å². The highest BCUT2D eigenvalue weighted by Gasteiger charge is 2.45. The molecule has 0 radical (unpaired) electrons. The number of nitrogens with one attached hydrogen (secondary N) is 1. The average molecular weight is 543 g/mol. The molecule has 0 spiro atoms. The Hall–Kier alpha value is -1.62. The number of hydrogen-bond acceptors (Lipinski definition) is 8. The minimum atomic E-state index is -0.845. The van der Waals surface area contributed by atoms with Crippen LogP contribution in [-0.4, -0.2) is 86.9 Å². The van der Waals surface area contributed by atoms with E-state index in [1.54, 1.807) is 11.9 Å². The molecule has 0 aromatic carbocycles. The Morgan fingerprint density at radius 3 is 1.89 bits per heavy atom. The van der Waals surface area contributed by atoms with Crippen molar-refractivity contribution in [3.8, 4) is 0 Å². The Labute approximate surface area is 228 Å². The molecule has 220 valence electrons. The first-order chi connectivity index (χ1) is 17.2. The fourth-order valence-electron chi connectivity index (χ4n) is 5.89. The summed E-state index contributed by atoms with van der Waals surface area (Å²) in [5.74, 6) is -1.30. The molecule has 10 nitrogen and oxygen atoms in total. The molecule has 1 N–H and O–H groups in total. The van der Waals surface area contributed by atoms with Gasteiger partial charge in [-0.3, -0.25) is 0 Å². The van der Waals surface area contributed by atoms with Crippen molar-refractivity contribution in [2.45, 2.75) is 105 Å². The van der Waals surface area contributed by atoms with E-state index in [0.29, 0.717) is 19.8 Å². The van der Waals surface area contributed by atoms with E-state index in [2.05, 4.69) is 26.1 Å². The molecule has 3 fully saturated rings. The van der Waals surface area contributed by atoms with Crippen molar-refractivity contribution in [2.75, 3.05) is 46.6 Å². The molecule has 1 saturated carbocycles. The minimum Gasteiger partial charge on any atom is -0.449 e. The van der Waals surface area contributed by atoms with Crippen molar-refractivity contribution in [1.82, 2.24) is 10.2 Å². The highest BCUT2D eigenvalue weighted by Crippen LogP contribution is 2.46. The molecule has 1 aliphatic carbocycles. The van der Waals surface area contributed by atoms with E-state index in [1.807, 2.05) is 41.5 Å². The first-order valence-corrected chi connectivity index (χ1v) is 13.7. The van der Waals surface area contributed by atoms with E-state index in [0.717, 1.165) is 19.3 Å². The maximum absolute atomic E-state index is 13.0. The summed E-state index contributed by atoms with van der Waals surface area (Å²) in [7, 11) is 1.75. The minimum absolute atomic E-state index is 0.0269. The molecule has 0 bridgehead atoms. The van der Waals surface area contributed by atoms with E-state index >= 15 is 0 Å². The molecule has 2 amide bonds. The van der Waals surface area contributed by atoms with Crippen molar-refractivity contribution in [2.24, 2.45) is 16.2 Å². The van der Waals surface area contributed by atoms with Gasteiger partial charge in [-0.25, -0.2) is 9.59 Å². The lowest BCUT2D eigenvalue weighted by Gasteiger charge is -2.48. The molecule has 2 aliphatic heterocycles. The SMILES string of the molecule is CN(CC1(C)CC(NC(=O)OCC2(C)COC(C)(C)OC2)CC(C)(C)C1)C(=O)OC1(C)COC(C)(C)OC1. The third kappa shape index (κ3) is 8.69. The van der Waals surface area contributed by atoms with E-state index < -0.39 is 34.8 Å². The molecule has 3 rings (SSSR count). The number of amides is 2. The van der Waals surface area contributed by atoms with Gasteiger partial charge in [-0.2, -0.15) is 0 Å². The summed E-state index contributed by atoms with van der Waals surface area (Å²) in [6, 6.07) is -0.0776. The number of rotatable bonds is 6. The third-order valence-corrected chi connectivity index (χ3v) is 7.57. The molecule has 2 heterocycles. The van der Waals surface area contributed by atoms with Gasteiger partial charge in [0.25, 0.3) is 0 Å². The Kier molecular flexibility index (Phi) is 8.74. The summed E-state index contributed by atoms with van der Waals surface area (Å²) < 4.78 is 34.3. The highest BCUT2D eigenvalue weighted by molar-refractivity contribution is 5.68. The molecule has 2 atom stereocenters. The van der Waals surface area contributed by atoms with Gasteiger partial charge in [0, 0.05) is 25.0 Å². The maximum atomic E-state index is 13.0. The first kappa shape index (κ1) is 30.9. The zero-order valence-corrected chi connectivity index (χ0v) is 25.2. The molecule has 38 heavy (non-hydrogen) atoms. The number of ether oxygens (including phenoxy) is 6. The fourth-order valence-corrected chi connectivity index (χ4v) is 5.89. The van der Waals surface area contributed by atoms with Crippen molar-refractivity contribution in [3.05, 3.63) is 0 Å². The number of hydrogen-bond donors (Lipinski definition) is 1. The van der Waals surface area contributed by atoms with Crippen LogP contribution in [0.2, 0.25) is 0 Å². The predicted octanol–water partition coefficient (Wildman–Crippen LogP) is 4.70. The fraction of sp³-hybridized carbons (Fsp3) is 0.929. The van der Waals surface area contributed by atoms with Crippen LogP contribution in [0.3, 0.4) is 0 Å².